The molecule has 0 aliphatic rings. The zero-order chi connectivity index (χ0) is 20.9. The van der Waals surface area contributed by atoms with Crippen LogP contribution in [-0.4, -0.2) is 25.2 Å². The Kier molecular flexibility index (Phi) is 6.41. The average Bonchev–Trinajstić information content (AvgIpc) is 2.74. The van der Waals surface area contributed by atoms with Gasteiger partial charge in [0.2, 0.25) is 10.0 Å². The number of halogens is 1. The number of nitrogens with zero attached hydrogens (tertiary/aromatic N) is 1. The second-order valence-corrected chi connectivity index (χ2v) is 8.31. The Morgan fingerprint density at radius 1 is 0.931 bits per heavy atom. The van der Waals surface area contributed by atoms with Crippen molar-refractivity contribution in [1.29, 1.82) is 0 Å². The van der Waals surface area contributed by atoms with Crippen molar-refractivity contribution in [3.8, 4) is 0 Å². The van der Waals surface area contributed by atoms with Crippen LogP contribution >= 0.6 is 0 Å². The fourth-order valence-corrected chi connectivity index (χ4v) is 4.29. The summed E-state index contributed by atoms with van der Waals surface area (Å²) in [4.78, 5) is 12.6. The molecule has 1 N–H and O–H groups in total. The van der Waals surface area contributed by atoms with Gasteiger partial charge in [0.25, 0.3) is 5.91 Å². The summed E-state index contributed by atoms with van der Waals surface area (Å²) in [6.07, 6.45) is 0. The fraction of sp³-hybridized carbons (Fsp3) is 0.136. The van der Waals surface area contributed by atoms with Gasteiger partial charge >= 0.3 is 0 Å². The predicted molar refractivity (Wildman–Crippen MR) is 111 cm³/mol. The molecular formula is C22H21FN2O3S. The molecule has 29 heavy (non-hydrogen) atoms. The smallest absolute Gasteiger partial charge is 0.255 e. The lowest BCUT2D eigenvalue weighted by Crippen LogP contribution is -2.30. The Balaban J connectivity index is 1.72. The molecule has 3 rings (SSSR count). The first kappa shape index (κ1) is 20.7. The van der Waals surface area contributed by atoms with Crippen molar-refractivity contribution in [2.24, 2.45) is 0 Å². The number of sulfonamides is 1. The summed E-state index contributed by atoms with van der Waals surface area (Å²) in [5.74, 6) is -0.951. The van der Waals surface area contributed by atoms with Crippen LogP contribution in [0.1, 0.15) is 22.8 Å². The van der Waals surface area contributed by atoms with Crippen molar-refractivity contribution in [3.63, 3.8) is 0 Å². The van der Waals surface area contributed by atoms with E-state index >= 15 is 0 Å². The third-order valence-corrected chi connectivity index (χ3v) is 6.37. The summed E-state index contributed by atoms with van der Waals surface area (Å²) in [5, 5.41) is 2.52. The number of benzene rings is 3. The number of hydrogen-bond donors (Lipinski definition) is 1. The van der Waals surface area contributed by atoms with Gasteiger partial charge in [-0.2, -0.15) is 4.31 Å². The van der Waals surface area contributed by atoms with Crippen molar-refractivity contribution < 1.29 is 17.6 Å². The molecule has 7 heteroatoms. The van der Waals surface area contributed by atoms with Crippen LogP contribution in [0.2, 0.25) is 0 Å². The quantitative estimate of drug-likeness (QED) is 0.630. The van der Waals surface area contributed by atoms with Gasteiger partial charge in [0.1, 0.15) is 5.82 Å². The largest absolute Gasteiger partial charge is 0.319 e. The maximum Gasteiger partial charge on any atom is 0.255 e. The van der Waals surface area contributed by atoms with Gasteiger partial charge < -0.3 is 5.32 Å². The summed E-state index contributed by atoms with van der Waals surface area (Å²) in [5.41, 5.74) is 1.20. The minimum atomic E-state index is -3.61. The van der Waals surface area contributed by atoms with Crippen molar-refractivity contribution in [3.05, 3.63) is 95.8 Å². The van der Waals surface area contributed by atoms with E-state index in [1.165, 1.54) is 16.4 Å². The number of carbonyl (C=O) groups excluding carboxylic acids is 1. The summed E-state index contributed by atoms with van der Waals surface area (Å²) in [6.45, 7) is 2.27. The van der Waals surface area contributed by atoms with Crippen molar-refractivity contribution in [1.82, 2.24) is 4.31 Å². The standard InChI is InChI=1S/C22H21FN2O3S/c1-2-25(29(27,28)19-8-4-3-5-9-19)16-17-12-14-18(15-13-17)22(26)24-21-11-7-6-10-20(21)23/h3-15H,2,16H2,1H3,(H,24,26). The molecule has 0 spiro atoms. The third-order valence-electron chi connectivity index (χ3n) is 4.43. The van der Waals surface area contributed by atoms with E-state index in [2.05, 4.69) is 5.32 Å². The van der Waals surface area contributed by atoms with Crippen LogP contribution in [0.25, 0.3) is 0 Å². The SMILES string of the molecule is CCN(Cc1ccc(C(=O)Nc2ccccc2F)cc1)S(=O)(=O)c1ccccc1. The van der Waals surface area contributed by atoms with Crippen LogP contribution in [0.5, 0.6) is 0 Å². The summed E-state index contributed by atoms with van der Waals surface area (Å²) >= 11 is 0. The molecule has 0 heterocycles. The van der Waals surface area contributed by atoms with Gasteiger partial charge in [0, 0.05) is 18.7 Å². The minimum absolute atomic E-state index is 0.104. The lowest BCUT2D eigenvalue weighted by atomic mass is 10.1. The molecule has 0 saturated heterocycles. The monoisotopic (exact) mass is 412 g/mol. The Morgan fingerprint density at radius 3 is 2.17 bits per heavy atom. The number of carbonyl (C=O) groups is 1. The molecule has 0 aliphatic heterocycles. The van der Waals surface area contributed by atoms with Gasteiger partial charge in [-0.25, -0.2) is 12.8 Å². The molecule has 0 saturated carbocycles. The number of rotatable bonds is 7. The normalized spacial score (nSPS) is 11.4. The molecule has 3 aromatic carbocycles. The molecule has 150 valence electrons. The number of para-hydroxylation sites is 1. The molecule has 0 radical (unpaired) electrons. The van der Waals surface area contributed by atoms with Crippen LogP contribution in [-0.2, 0) is 16.6 Å². The Bertz CT molecular complexity index is 1080. The molecule has 5 nitrogen and oxygen atoms in total. The molecular weight excluding hydrogens is 391 g/mol. The summed E-state index contributed by atoms with van der Waals surface area (Å²) in [6, 6.07) is 20.8. The van der Waals surface area contributed by atoms with E-state index < -0.39 is 21.7 Å². The first-order valence-electron chi connectivity index (χ1n) is 9.12. The van der Waals surface area contributed by atoms with E-state index in [9.17, 15) is 17.6 Å². The molecule has 3 aromatic rings. The van der Waals surface area contributed by atoms with Crippen molar-refractivity contribution in [2.45, 2.75) is 18.4 Å². The number of hydrogen-bond acceptors (Lipinski definition) is 3. The summed E-state index contributed by atoms with van der Waals surface area (Å²) < 4.78 is 40.7. The number of nitrogens with one attached hydrogen (secondary N) is 1. The molecule has 0 fully saturated rings. The van der Waals surface area contributed by atoms with Crippen molar-refractivity contribution in [2.75, 3.05) is 11.9 Å². The first-order valence-corrected chi connectivity index (χ1v) is 10.6. The van der Waals surface area contributed by atoms with Crippen LogP contribution in [0.4, 0.5) is 10.1 Å². The maximum atomic E-state index is 13.7. The molecule has 0 unspecified atom stereocenters. The van der Waals surface area contributed by atoms with E-state index in [1.54, 1.807) is 73.7 Å². The Hall–Kier alpha value is -3.03. The molecule has 1 amide bonds. The van der Waals surface area contributed by atoms with E-state index in [4.69, 9.17) is 0 Å². The fourth-order valence-electron chi connectivity index (χ4n) is 2.83. The second kappa shape index (κ2) is 8.98. The van der Waals surface area contributed by atoms with Crippen LogP contribution in [0, 0.1) is 5.82 Å². The van der Waals surface area contributed by atoms with Crippen LogP contribution in [0.15, 0.2) is 83.8 Å². The highest BCUT2D eigenvalue weighted by Crippen LogP contribution is 2.19. The summed E-state index contributed by atoms with van der Waals surface area (Å²) in [7, 11) is -3.61. The first-order chi connectivity index (χ1) is 13.9. The second-order valence-electron chi connectivity index (χ2n) is 6.38. The lowest BCUT2D eigenvalue weighted by Gasteiger charge is -2.20. The lowest BCUT2D eigenvalue weighted by molar-refractivity contribution is 0.102. The van der Waals surface area contributed by atoms with E-state index in [-0.39, 0.29) is 17.1 Å². The van der Waals surface area contributed by atoms with E-state index in [0.717, 1.165) is 5.56 Å². The van der Waals surface area contributed by atoms with Gasteiger partial charge in [-0.15, -0.1) is 0 Å². The maximum absolute atomic E-state index is 13.7. The highest BCUT2D eigenvalue weighted by atomic mass is 32.2. The highest BCUT2D eigenvalue weighted by molar-refractivity contribution is 7.89. The molecule has 0 bridgehead atoms. The van der Waals surface area contributed by atoms with E-state index in [0.29, 0.717) is 12.1 Å². The van der Waals surface area contributed by atoms with Gasteiger partial charge in [0.15, 0.2) is 0 Å². The Morgan fingerprint density at radius 2 is 1.55 bits per heavy atom. The Labute approximate surface area is 169 Å². The molecule has 0 aliphatic carbocycles. The van der Waals surface area contributed by atoms with Gasteiger partial charge in [-0.3, -0.25) is 4.79 Å². The van der Waals surface area contributed by atoms with E-state index in [1.807, 2.05) is 0 Å². The molecule has 0 aromatic heterocycles. The predicted octanol–water partition coefficient (Wildman–Crippen LogP) is 4.29. The van der Waals surface area contributed by atoms with Crippen LogP contribution in [0.3, 0.4) is 0 Å². The highest BCUT2D eigenvalue weighted by Gasteiger charge is 2.23. The topological polar surface area (TPSA) is 66.5 Å². The third kappa shape index (κ3) is 4.88. The van der Waals surface area contributed by atoms with Gasteiger partial charge in [-0.1, -0.05) is 49.4 Å². The van der Waals surface area contributed by atoms with Crippen LogP contribution < -0.4 is 5.32 Å². The molecule has 0 atom stereocenters. The average molecular weight is 412 g/mol. The number of amides is 1. The number of anilines is 1. The zero-order valence-corrected chi connectivity index (χ0v) is 16.7. The van der Waals surface area contributed by atoms with Gasteiger partial charge in [0.05, 0.1) is 10.6 Å². The zero-order valence-electron chi connectivity index (χ0n) is 15.9. The minimum Gasteiger partial charge on any atom is -0.319 e. The van der Waals surface area contributed by atoms with Crippen molar-refractivity contribution >= 4 is 21.6 Å². The van der Waals surface area contributed by atoms with Gasteiger partial charge in [-0.05, 0) is 42.0 Å².